The summed E-state index contributed by atoms with van der Waals surface area (Å²) in [5.41, 5.74) is 0.255. The van der Waals surface area contributed by atoms with Gasteiger partial charge in [-0.05, 0) is 43.3 Å². The standard InChI is InChI=1S/C20H22ClN3O4S/c1-2-10-24(11-12-29(26,27)28-16-6-4-3-5-7-16)14-19-22-18-13-15(21)8-9-17(18)20(25)23-19/h3-9,13H,2,10-12,14H2,1H3,(H,22,23,25). The highest BCUT2D eigenvalue weighted by atomic mass is 35.5. The normalized spacial score (nSPS) is 11.8. The van der Waals surface area contributed by atoms with Gasteiger partial charge in [0.15, 0.2) is 0 Å². The molecule has 1 heterocycles. The molecule has 29 heavy (non-hydrogen) atoms. The van der Waals surface area contributed by atoms with E-state index >= 15 is 0 Å². The number of nitrogens with zero attached hydrogens (tertiary/aromatic N) is 2. The van der Waals surface area contributed by atoms with Crippen molar-refractivity contribution >= 4 is 32.6 Å². The van der Waals surface area contributed by atoms with Gasteiger partial charge in [0, 0.05) is 11.6 Å². The van der Waals surface area contributed by atoms with Crippen molar-refractivity contribution in [1.29, 1.82) is 0 Å². The maximum absolute atomic E-state index is 12.3. The van der Waals surface area contributed by atoms with Gasteiger partial charge in [0.05, 0.1) is 23.2 Å². The van der Waals surface area contributed by atoms with Crippen LogP contribution in [0.4, 0.5) is 0 Å². The number of H-pyrrole nitrogens is 1. The van der Waals surface area contributed by atoms with Crippen LogP contribution in [0.2, 0.25) is 5.02 Å². The van der Waals surface area contributed by atoms with Gasteiger partial charge < -0.3 is 9.17 Å². The van der Waals surface area contributed by atoms with E-state index in [9.17, 15) is 13.2 Å². The molecule has 0 radical (unpaired) electrons. The molecule has 0 aliphatic carbocycles. The van der Waals surface area contributed by atoms with Crippen molar-refractivity contribution < 1.29 is 12.6 Å². The molecular formula is C20H22ClN3O4S. The van der Waals surface area contributed by atoms with Crippen LogP contribution in [-0.4, -0.2) is 42.1 Å². The van der Waals surface area contributed by atoms with Crippen LogP contribution in [-0.2, 0) is 16.7 Å². The van der Waals surface area contributed by atoms with Crippen molar-refractivity contribution in [2.45, 2.75) is 19.9 Å². The van der Waals surface area contributed by atoms with E-state index < -0.39 is 10.1 Å². The van der Waals surface area contributed by atoms with E-state index in [-0.39, 0.29) is 23.6 Å². The molecular weight excluding hydrogens is 414 g/mol. The van der Waals surface area contributed by atoms with Gasteiger partial charge in [-0.2, -0.15) is 8.42 Å². The summed E-state index contributed by atoms with van der Waals surface area (Å²) in [5, 5.41) is 0.954. The molecule has 0 saturated carbocycles. The summed E-state index contributed by atoms with van der Waals surface area (Å²) in [6.45, 7) is 3.21. The molecule has 2 aromatic carbocycles. The fraction of sp³-hybridized carbons (Fsp3) is 0.300. The third-order valence-electron chi connectivity index (χ3n) is 4.25. The summed E-state index contributed by atoms with van der Waals surface area (Å²) < 4.78 is 29.7. The predicted octanol–water partition coefficient (Wildman–Crippen LogP) is 3.20. The van der Waals surface area contributed by atoms with E-state index in [4.69, 9.17) is 15.8 Å². The Hall–Kier alpha value is -2.42. The lowest BCUT2D eigenvalue weighted by Gasteiger charge is -2.21. The first-order valence-corrected chi connectivity index (χ1v) is 11.2. The van der Waals surface area contributed by atoms with E-state index in [0.29, 0.717) is 34.8 Å². The summed E-state index contributed by atoms with van der Waals surface area (Å²) in [4.78, 5) is 21.4. The van der Waals surface area contributed by atoms with E-state index in [1.165, 1.54) is 0 Å². The van der Waals surface area contributed by atoms with Gasteiger partial charge >= 0.3 is 10.1 Å². The largest absolute Gasteiger partial charge is 0.382 e. The van der Waals surface area contributed by atoms with Crippen molar-refractivity contribution in [3.8, 4) is 5.75 Å². The zero-order valence-corrected chi connectivity index (χ0v) is 17.5. The number of para-hydroxylation sites is 1. The van der Waals surface area contributed by atoms with E-state index in [2.05, 4.69) is 9.97 Å². The van der Waals surface area contributed by atoms with Crippen molar-refractivity contribution in [2.24, 2.45) is 0 Å². The first-order chi connectivity index (χ1) is 13.9. The fourth-order valence-electron chi connectivity index (χ4n) is 2.94. The van der Waals surface area contributed by atoms with E-state index in [1.807, 2.05) is 11.8 Å². The van der Waals surface area contributed by atoms with Crippen LogP contribution in [0.5, 0.6) is 5.75 Å². The molecule has 9 heteroatoms. The molecule has 0 fully saturated rings. The summed E-state index contributed by atoms with van der Waals surface area (Å²) in [5.74, 6) is 0.567. The van der Waals surface area contributed by atoms with Crippen molar-refractivity contribution in [3.05, 3.63) is 69.7 Å². The SMILES string of the molecule is CCCN(CCS(=O)(=O)Oc1ccccc1)Cc1nc2cc(Cl)ccc2c(=O)[nH]1. The van der Waals surface area contributed by atoms with E-state index in [0.717, 1.165) is 6.42 Å². The van der Waals surface area contributed by atoms with Gasteiger partial charge in [0.25, 0.3) is 5.56 Å². The Morgan fingerprint density at radius 1 is 1.14 bits per heavy atom. The monoisotopic (exact) mass is 435 g/mol. The Bertz CT molecular complexity index is 1130. The molecule has 0 aliphatic heterocycles. The van der Waals surface area contributed by atoms with Crippen molar-refractivity contribution in [2.75, 3.05) is 18.8 Å². The average Bonchev–Trinajstić information content (AvgIpc) is 2.66. The highest BCUT2D eigenvalue weighted by Crippen LogP contribution is 2.15. The molecule has 1 aromatic heterocycles. The molecule has 7 nitrogen and oxygen atoms in total. The molecule has 0 saturated heterocycles. The summed E-state index contributed by atoms with van der Waals surface area (Å²) >= 11 is 6.00. The van der Waals surface area contributed by atoms with Gasteiger partial charge in [0.1, 0.15) is 11.6 Å². The Kier molecular flexibility index (Phi) is 6.89. The van der Waals surface area contributed by atoms with Crippen LogP contribution in [0, 0.1) is 0 Å². The average molecular weight is 436 g/mol. The van der Waals surface area contributed by atoms with Gasteiger partial charge in [-0.15, -0.1) is 0 Å². The molecule has 0 unspecified atom stereocenters. The molecule has 0 aliphatic rings. The lowest BCUT2D eigenvalue weighted by Crippen LogP contribution is -2.32. The van der Waals surface area contributed by atoms with Gasteiger partial charge in [0.2, 0.25) is 0 Å². The zero-order chi connectivity index (χ0) is 20.9. The number of aromatic nitrogens is 2. The second-order valence-corrected chi connectivity index (χ2v) is 8.74. The topological polar surface area (TPSA) is 92.4 Å². The Labute approximate surface area is 174 Å². The molecule has 0 atom stereocenters. The molecule has 0 bridgehead atoms. The van der Waals surface area contributed by atoms with Crippen molar-refractivity contribution in [3.63, 3.8) is 0 Å². The van der Waals surface area contributed by atoms with Gasteiger partial charge in [-0.1, -0.05) is 36.7 Å². The first-order valence-electron chi connectivity index (χ1n) is 9.24. The highest BCUT2D eigenvalue weighted by molar-refractivity contribution is 7.87. The minimum atomic E-state index is -3.74. The van der Waals surface area contributed by atoms with Gasteiger partial charge in [-0.3, -0.25) is 9.69 Å². The number of hydrogen-bond acceptors (Lipinski definition) is 6. The van der Waals surface area contributed by atoms with Crippen LogP contribution in [0.15, 0.2) is 53.3 Å². The van der Waals surface area contributed by atoms with E-state index in [1.54, 1.807) is 48.5 Å². The van der Waals surface area contributed by atoms with Crippen LogP contribution >= 0.6 is 11.6 Å². The summed E-state index contributed by atoms with van der Waals surface area (Å²) in [6, 6.07) is 13.3. The third-order valence-corrected chi connectivity index (χ3v) is 5.62. The quantitative estimate of drug-likeness (QED) is 0.519. The lowest BCUT2D eigenvalue weighted by molar-refractivity contribution is 0.272. The number of fused-ring (bicyclic) bond motifs is 1. The molecule has 3 aromatic rings. The fourth-order valence-corrected chi connectivity index (χ4v) is 4.07. The smallest absolute Gasteiger partial charge is 0.310 e. The van der Waals surface area contributed by atoms with Crippen LogP contribution in [0.25, 0.3) is 10.9 Å². The predicted molar refractivity (Wildman–Crippen MR) is 114 cm³/mol. The molecule has 0 spiro atoms. The maximum Gasteiger partial charge on any atom is 0.310 e. The Morgan fingerprint density at radius 2 is 1.90 bits per heavy atom. The molecule has 1 N–H and O–H groups in total. The number of hydrogen-bond donors (Lipinski definition) is 1. The molecule has 0 amide bonds. The maximum atomic E-state index is 12.3. The number of rotatable bonds is 9. The number of benzene rings is 2. The second-order valence-electron chi connectivity index (χ2n) is 6.61. The van der Waals surface area contributed by atoms with Crippen LogP contribution < -0.4 is 9.74 Å². The highest BCUT2D eigenvalue weighted by Gasteiger charge is 2.17. The molecule has 154 valence electrons. The Morgan fingerprint density at radius 3 is 2.62 bits per heavy atom. The summed E-state index contributed by atoms with van der Waals surface area (Å²) in [6.07, 6.45) is 0.823. The third kappa shape index (κ3) is 6.03. The van der Waals surface area contributed by atoms with Crippen molar-refractivity contribution in [1.82, 2.24) is 14.9 Å². The number of nitrogens with one attached hydrogen (secondary N) is 1. The van der Waals surface area contributed by atoms with Gasteiger partial charge in [-0.25, -0.2) is 4.98 Å². The summed E-state index contributed by atoms with van der Waals surface area (Å²) in [7, 11) is -3.74. The zero-order valence-electron chi connectivity index (χ0n) is 16.0. The van der Waals surface area contributed by atoms with Crippen LogP contribution in [0.1, 0.15) is 19.2 Å². The number of aromatic amines is 1. The lowest BCUT2D eigenvalue weighted by atomic mass is 10.2. The minimum Gasteiger partial charge on any atom is -0.382 e. The Balaban J connectivity index is 1.71. The second kappa shape index (κ2) is 9.39. The molecule has 3 rings (SSSR count). The number of halogens is 1. The van der Waals surface area contributed by atoms with Crippen LogP contribution in [0.3, 0.4) is 0 Å². The first kappa shape index (κ1) is 21.3. The minimum absolute atomic E-state index is 0.175.